The molecule has 2 heterocycles. The zero-order valence-electron chi connectivity index (χ0n) is 14.2. The molecule has 27 heavy (non-hydrogen) atoms. The number of aromatic nitrogens is 2. The molecule has 0 aliphatic rings. The third-order valence-corrected chi connectivity index (χ3v) is 5.51. The minimum Gasteiger partial charge on any atom is -0.369 e. The Morgan fingerprint density at radius 3 is 2.67 bits per heavy atom. The van der Waals surface area contributed by atoms with Crippen molar-refractivity contribution in [2.75, 3.05) is 17.2 Å². The molecule has 0 aliphatic carbocycles. The van der Waals surface area contributed by atoms with E-state index in [1.807, 2.05) is 30.3 Å². The van der Waals surface area contributed by atoms with Crippen molar-refractivity contribution in [1.29, 1.82) is 0 Å². The van der Waals surface area contributed by atoms with Crippen molar-refractivity contribution in [3.8, 4) is 0 Å². The van der Waals surface area contributed by atoms with Gasteiger partial charge in [-0.05, 0) is 48.2 Å². The highest BCUT2D eigenvalue weighted by Gasteiger charge is 2.09. The van der Waals surface area contributed by atoms with Crippen molar-refractivity contribution in [2.24, 2.45) is 0 Å². The van der Waals surface area contributed by atoms with Crippen LogP contribution in [0.5, 0.6) is 0 Å². The number of hydrogen-bond donors (Lipinski definition) is 2. The largest absolute Gasteiger partial charge is 0.369 e. The molecule has 0 unspecified atom stereocenters. The molecule has 2 N–H and O–H groups in total. The number of para-hydroxylation sites is 1. The van der Waals surface area contributed by atoms with Gasteiger partial charge in [-0.2, -0.15) is 4.98 Å². The Balaban J connectivity index is 1.61. The third kappa shape index (κ3) is 4.33. The van der Waals surface area contributed by atoms with Crippen molar-refractivity contribution in [3.05, 3.63) is 74.9 Å². The lowest BCUT2D eigenvalue weighted by Crippen LogP contribution is -2.08. The standard InChI is InChI=1S/C20H16Cl2N4S/c21-13-7-8-18(16(22)12-13)25-20-24-17-6-2-1-5-15(17)19(26-20)23-10-9-14-4-3-11-27-14/h1-8,11-12H,9-10H2,(H2,23,24,25,26). The fourth-order valence-electron chi connectivity index (χ4n) is 2.74. The highest BCUT2D eigenvalue weighted by Crippen LogP contribution is 2.29. The molecule has 0 radical (unpaired) electrons. The minimum absolute atomic E-state index is 0.483. The Kier molecular flexibility index (Phi) is 5.43. The molecule has 0 atom stereocenters. The summed E-state index contributed by atoms with van der Waals surface area (Å²) in [6.45, 7) is 0.794. The molecule has 4 aromatic rings. The van der Waals surface area contributed by atoms with Crippen molar-refractivity contribution in [3.63, 3.8) is 0 Å². The Hall–Kier alpha value is -2.34. The summed E-state index contributed by atoms with van der Waals surface area (Å²) in [5, 5.41) is 10.8. The Bertz CT molecular complexity index is 1070. The molecule has 0 fully saturated rings. The maximum atomic E-state index is 6.26. The van der Waals surface area contributed by atoms with Gasteiger partial charge < -0.3 is 10.6 Å². The minimum atomic E-state index is 0.483. The van der Waals surface area contributed by atoms with Crippen molar-refractivity contribution in [2.45, 2.75) is 6.42 Å². The van der Waals surface area contributed by atoms with Gasteiger partial charge in [-0.15, -0.1) is 11.3 Å². The summed E-state index contributed by atoms with van der Waals surface area (Å²) in [6, 6.07) is 17.4. The summed E-state index contributed by atoms with van der Waals surface area (Å²) in [6.07, 6.45) is 0.946. The van der Waals surface area contributed by atoms with E-state index >= 15 is 0 Å². The molecule has 2 aromatic carbocycles. The van der Waals surface area contributed by atoms with Gasteiger partial charge in [-0.1, -0.05) is 41.4 Å². The van der Waals surface area contributed by atoms with Crippen LogP contribution in [0.15, 0.2) is 60.0 Å². The summed E-state index contributed by atoms with van der Waals surface area (Å²) >= 11 is 14.0. The van der Waals surface area contributed by atoms with Crippen LogP contribution in [0, 0.1) is 0 Å². The second kappa shape index (κ2) is 8.13. The molecule has 136 valence electrons. The van der Waals surface area contributed by atoms with E-state index in [0.29, 0.717) is 21.7 Å². The topological polar surface area (TPSA) is 49.8 Å². The second-order valence-corrected chi connectivity index (χ2v) is 7.79. The van der Waals surface area contributed by atoms with E-state index in [0.717, 1.165) is 29.7 Å². The fourth-order valence-corrected chi connectivity index (χ4v) is 3.90. The first-order valence-corrected chi connectivity index (χ1v) is 10.1. The lowest BCUT2D eigenvalue weighted by atomic mass is 10.2. The summed E-state index contributed by atoms with van der Waals surface area (Å²) in [5.41, 5.74) is 1.57. The van der Waals surface area contributed by atoms with Crippen LogP contribution in [0.2, 0.25) is 10.0 Å². The maximum Gasteiger partial charge on any atom is 0.229 e. The summed E-state index contributed by atoms with van der Waals surface area (Å²) in [7, 11) is 0. The first-order chi connectivity index (χ1) is 13.2. The van der Waals surface area contributed by atoms with Crippen LogP contribution < -0.4 is 10.6 Å². The fraction of sp³-hybridized carbons (Fsp3) is 0.100. The molecule has 0 amide bonds. The number of anilines is 3. The molecule has 0 aliphatic heterocycles. The third-order valence-electron chi connectivity index (χ3n) is 4.02. The molecule has 0 spiro atoms. The number of rotatable bonds is 6. The van der Waals surface area contributed by atoms with E-state index in [4.69, 9.17) is 23.2 Å². The molecule has 0 bridgehead atoms. The Morgan fingerprint density at radius 2 is 1.85 bits per heavy atom. The molecule has 7 heteroatoms. The van der Waals surface area contributed by atoms with E-state index in [1.165, 1.54) is 4.88 Å². The van der Waals surface area contributed by atoms with Crippen LogP contribution in [-0.2, 0) is 6.42 Å². The van der Waals surface area contributed by atoms with E-state index in [-0.39, 0.29) is 0 Å². The Morgan fingerprint density at radius 1 is 0.963 bits per heavy atom. The number of hydrogen-bond acceptors (Lipinski definition) is 5. The first-order valence-electron chi connectivity index (χ1n) is 8.44. The van der Waals surface area contributed by atoms with Gasteiger partial charge in [0.05, 0.1) is 16.2 Å². The summed E-state index contributed by atoms with van der Waals surface area (Å²) in [5.74, 6) is 1.28. The summed E-state index contributed by atoms with van der Waals surface area (Å²) < 4.78 is 0. The highest BCUT2D eigenvalue weighted by molar-refractivity contribution is 7.09. The first kappa shape index (κ1) is 18.0. The van der Waals surface area contributed by atoms with Crippen molar-refractivity contribution in [1.82, 2.24) is 9.97 Å². The lowest BCUT2D eigenvalue weighted by Gasteiger charge is -2.12. The van der Waals surface area contributed by atoms with Gasteiger partial charge in [0.15, 0.2) is 0 Å². The molecule has 4 nitrogen and oxygen atoms in total. The molecule has 0 saturated carbocycles. The van der Waals surface area contributed by atoms with Gasteiger partial charge in [0.1, 0.15) is 5.82 Å². The average molecular weight is 415 g/mol. The smallest absolute Gasteiger partial charge is 0.229 e. The van der Waals surface area contributed by atoms with Gasteiger partial charge >= 0.3 is 0 Å². The number of halogens is 2. The van der Waals surface area contributed by atoms with E-state index in [1.54, 1.807) is 23.5 Å². The van der Waals surface area contributed by atoms with E-state index in [2.05, 4.69) is 38.1 Å². The molecular weight excluding hydrogens is 399 g/mol. The van der Waals surface area contributed by atoms with Gasteiger partial charge in [-0.3, -0.25) is 0 Å². The van der Waals surface area contributed by atoms with Crippen LogP contribution in [0.25, 0.3) is 10.9 Å². The molecule has 4 rings (SSSR count). The van der Waals surface area contributed by atoms with Crippen LogP contribution >= 0.6 is 34.5 Å². The van der Waals surface area contributed by atoms with E-state index < -0.39 is 0 Å². The molecular formula is C20H16Cl2N4S. The zero-order chi connectivity index (χ0) is 18.6. The Labute approximate surface area is 171 Å². The monoisotopic (exact) mass is 414 g/mol. The zero-order valence-corrected chi connectivity index (χ0v) is 16.6. The van der Waals surface area contributed by atoms with Gasteiger partial charge in [-0.25, -0.2) is 4.98 Å². The lowest BCUT2D eigenvalue weighted by molar-refractivity contribution is 1.03. The van der Waals surface area contributed by atoms with Gasteiger partial charge in [0.25, 0.3) is 0 Å². The predicted molar refractivity (Wildman–Crippen MR) is 116 cm³/mol. The number of nitrogens with zero attached hydrogens (tertiary/aromatic N) is 2. The number of fused-ring (bicyclic) bond motifs is 1. The van der Waals surface area contributed by atoms with Crippen LogP contribution in [0.1, 0.15) is 4.88 Å². The number of nitrogens with one attached hydrogen (secondary N) is 2. The number of benzene rings is 2. The second-order valence-electron chi connectivity index (χ2n) is 5.92. The van der Waals surface area contributed by atoms with E-state index in [9.17, 15) is 0 Å². The molecule has 2 aromatic heterocycles. The van der Waals surface area contributed by atoms with Crippen molar-refractivity contribution >= 4 is 62.9 Å². The van der Waals surface area contributed by atoms with Crippen LogP contribution in [0.3, 0.4) is 0 Å². The number of thiophene rings is 1. The van der Waals surface area contributed by atoms with Crippen molar-refractivity contribution < 1.29 is 0 Å². The molecule has 0 saturated heterocycles. The van der Waals surface area contributed by atoms with Crippen LogP contribution in [0.4, 0.5) is 17.5 Å². The normalized spacial score (nSPS) is 10.9. The summed E-state index contributed by atoms with van der Waals surface area (Å²) in [4.78, 5) is 10.6. The predicted octanol–water partition coefficient (Wildman–Crippen LogP) is 6.40. The van der Waals surface area contributed by atoms with Gasteiger partial charge in [0, 0.05) is 21.8 Å². The quantitative estimate of drug-likeness (QED) is 0.383. The average Bonchev–Trinajstić information content (AvgIpc) is 3.17. The van der Waals surface area contributed by atoms with Crippen LogP contribution in [-0.4, -0.2) is 16.5 Å². The van der Waals surface area contributed by atoms with Gasteiger partial charge in [0.2, 0.25) is 5.95 Å². The SMILES string of the molecule is Clc1ccc(Nc2nc(NCCc3cccs3)c3ccccc3n2)c(Cl)c1. The maximum absolute atomic E-state index is 6.26. The highest BCUT2D eigenvalue weighted by atomic mass is 35.5.